The van der Waals surface area contributed by atoms with Crippen LogP contribution < -0.4 is 10.5 Å². The molecule has 0 aliphatic carbocycles. The monoisotopic (exact) mass is 258 g/mol. The highest BCUT2D eigenvalue weighted by molar-refractivity contribution is 5.33. The van der Waals surface area contributed by atoms with Crippen molar-refractivity contribution in [2.75, 3.05) is 13.7 Å². The second kappa shape index (κ2) is 6.87. The molecule has 4 heteroatoms. The molecule has 0 aliphatic heterocycles. The number of hydrogen-bond donors (Lipinski definition) is 1. The first-order valence-corrected chi connectivity index (χ1v) is 6.23. The fourth-order valence-corrected chi connectivity index (χ4v) is 1.73. The topological polar surface area (TPSA) is 57.4 Å². The number of hydrogen-bond acceptors (Lipinski definition) is 4. The molecule has 0 amide bonds. The molecule has 1 aromatic heterocycles. The van der Waals surface area contributed by atoms with Crippen LogP contribution in [0.5, 0.6) is 11.6 Å². The van der Waals surface area contributed by atoms with Crippen LogP contribution in [0.4, 0.5) is 0 Å². The molecule has 2 N–H and O–H groups in total. The fourth-order valence-electron chi connectivity index (χ4n) is 1.73. The van der Waals surface area contributed by atoms with Gasteiger partial charge in [-0.2, -0.15) is 0 Å². The van der Waals surface area contributed by atoms with Crippen molar-refractivity contribution in [2.45, 2.75) is 13.0 Å². The van der Waals surface area contributed by atoms with Crippen molar-refractivity contribution in [3.63, 3.8) is 0 Å². The molecular formula is C15H18N2O2. The van der Waals surface area contributed by atoms with Crippen molar-refractivity contribution in [2.24, 2.45) is 5.73 Å². The molecule has 0 atom stereocenters. The van der Waals surface area contributed by atoms with Gasteiger partial charge in [-0.05, 0) is 30.2 Å². The fraction of sp³-hybridized carbons (Fsp3) is 0.267. The Kier molecular flexibility index (Phi) is 4.89. The third-order valence-electron chi connectivity index (χ3n) is 2.80. The van der Waals surface area contributed by atoms with E-state index in [1.54, 1.807) is 13.3 Å². The third-order valence-corrected chi connectivity index (χ3v) is 2.80. The average Bonchev–Trinajstić information content (AvgIpc) is 2.47. The first-order valence-electron chi connectivity index (χ1n) is 6.23. The van der Waals surface area contributed by atoms with E-state index in [2.05, 4.69) is 4.98 Å². The van der Waals surface area contributed by atoms with Gasteiger partial charge in [0.1, 0.15) is 5.75 Å². The zero-order valence-corrected chi connectivity index (χ0v) is 11.0. The molecule has 2 aromatic rings. The lowest BCUT2D eigenvalue weighted by atomic mass is 10.1. The van der Waals surface area contributed by atoms with Crippen LogP contribution in [0.15, 0.2) is 42.6 Å². The van der Waals surface area contributed by atoms with Crippen molar-refractivity contribution in [3.05, 3.63) is 53.7 Å². The summed E-state index contributed by atoms with van der Waals surface area (Å²) < 4.78 is 10.8. The van der Waals surface area contributed by atoms with Crippen LogP contribution in [0.2, 0.25) is 0 Å². The van der Waals surface area contributed by atoms with E-state index in [1.165, 1.54) is 5.56 Å². The van der Waals surface area contributed by atoms with E-state index in [4.69, 9.17) is 15.2 Å². The van der Waals surface area contributed by atoms with Gasteiger partial charge in [0.05, 0.1) is 6.61 Å². The smallest absolute Gasteiger partial charge is 0.223 e. The highest BCUT2D eigenvalue weighted by Gasteiger charge is 2.04. The number of benzene rings is 1. The molecule has 0 saturated heterocycles. The summed E-state index contributed by atoms with van der Waals surface area (Å²) >= 11 is 0. The minimum absolute atomic E-state index is 0.412. The second-order valence-electron chi connectivity index (χ2n) is 4.16. The summed E-state index contributed by atoms with van der Waals surface area (Å²) in [5, 5.41) is 0. The van der Waals surface area contributed by atoms with Crippen LogP contribution in [-0.2, 0) is 17.7 Å². The molecule has 19 heavy (non-hydrogen) atoms. The molecule has 1 heterocycles. The lowest BCUT2D eigenvalue weighted by Crippen LogP contribution is -2.01. The molecule has 0 radical (unpaired) electrons. The first kappa shape index (κ1) is 13.5. The van der Waals surface area contributed by atoms with E-state index in [0.717, 1.165) is 24.3 Å². The average molecular weight is 258 g/mol. The van der Waals surface area contributed by atoms with Gasteiger partial charge in [-0.1, -0.05) is 18.2 Å². The first-order chi connectivity index (χ1) is 9.33. The quantitative estimate of drug-likeness (QED) is 0.865. The second-order valence-corrected chi connectivity index (χ2v) is 4.16. The van der Waals surface area contributed by atoms with Crippen LogP contribution in [0.1, 0.15) is 11.1 Å². The molecule has 0 bridgehead atoms. The lowest BCUT2D eigenvalue weighted by Gasteiger charge is -2.09. The van der Waals surface area contributed by atoms with Gasteiger partial charge >= 0.3 is 0 Å². The SMILES string of the molecule is COCCc1ccc(Oc2ncccc2CN)cc1. The van der Waals surface area contributed by atoms with E-state index < -0.39 is 0 Å². The molecule has 0 spiro atoms. The third kappa shape index (κ3) is 3.77. The summed E-state index contributed by atoms with van der Waals surface area (Å²) in [4.78, 5) is 4.19. The lowest BCUT2D eigenvalue weighted by molar-refractivity contribution is 0.202. The van der Waals surface area contributed by atoms with Crippen LogP contribution in [0.3, 0.4) is 0 Å². The van der Waals surface area contributed by atoms with E-state index in [1.807, 2.05) is 36.4 Å². The summed E-state index contributed by atoms with van der Waals surface area (Å²) in [6.45, 7) is 1.13. The Morgan fingerprint density at radius 2 is 1.95 bits per heavy atom. The standard InChI is InChI=1S/C15H18N2O2/c1-18-10-8-12-4-6-14(7-5-12)19-15-13(11-16)3-2-9-17-15/h2-7,9H,8,10-11,16H2,1H3. The zero-order valence-electron chi connectivity index (χ0n) is 11.0. The minimum Gasteiger partial charge on any atom is -0.439 e. The molecule has 0 aliphatic rings. The largest absolute Gasteiger partial charge is 0.439 e. The normalized spacial score (nSPS) is 10.4. The molecule has 1 aromatic carbocycles. The minimum atomic E-state index is 0.412. The molecular weight excluding hydrogens is 240 g/mol. The van der Waals surface area contributed by atoms with Crippen molar-refractivity contribution in [3.8, 4) is 11.6 Å². The van der Waals surface area contributed by atoms with Crippen LogP contribution in [0.25, 0.3) is 0 Å². The van der Waals surface area contributed by atoms with E-state index in [9.17, 15) is 0 Å². The summed E-state index contributed by atoms with van der Waals surface area (Å²) in [6, 6.07) is 11.7. The number of nitrogens with zero attached hydrogens (tertiary/aromatic N) is 1. The number of nitrogens with two attached hydrogens (primary N) is 1. The molecule has 0 fully saturated rings. The predicted octanol–water partition coefficient (Wildman–Crippen LogP) is 2.52. The summed E-state index contributed by atoms with van der Waals surface area (Å²) in [6.07, 6.45) is 2.59. The Hall–Kier alpha value is -1.91. The van der Waals surface area contributed by atoms with Gasteiger partial charge < -0.3 is 15.2 Å². The highest BCUT2D eigenvalue weighted by Crippen LogP contribution is 2.22. The van der Waals surface area contributed by atoms with Crippen LogP contribution in [-0.4, -0.2) is 18.7 Å². The Bertz CT molecular complexity index is 512. The van der Waals surface area contributed by atoms with Crippen molar-refractivity contribution >= 4 is 0 Å². The predicted molar refractivity (Wildman–Crippen MR) is 74.2 cm³/mol. The van der Waals surface area contributed by atoms with Crippen molar-refractivity contribution in [1.29, 1.82) is 0 Å². The maximum atomic E-state index is 5.74. The molecule has 2 rings (SSSR count). The summed E-state index contributed by atoms with van der Waals surface area (Å²) in [5.41, 5.74) is 7.76. The number of pyridine rings is 1. The van der Waals surface area contributed by atoms with Crippen molar-refractivity contribution in [1.82, 2.24) is 4.98 Å². The highest BCUT2D eigenvalue weighted by atomic mass is 16.5. The van der Waals surface area contributed by atoms with E-state index >= 15 is 0 Å². The van der Waals surface area contributed by atoms with Gasteiger partial charge in [0, 0.05) is 25.4 Å². The molecule has 4 nitrogen and oxygen atoms in total. The number of rotatable bonds is 6. The van der Waals surface area contributed by atoms with Gasteiger partial charge in [-0.3, -0.25) is 0 Å². The zero-order chi connectivity index (χ0) is 13.5. The van der Waals surface area contributed by atoms with Gasteiger partial charge in [-0.15, -0.1) is 0 Å². The van der Waals surface area contributed by atoms with Gasteiger partial charge in [0.2, 0.25) is 5.88 Å². The van der Waals surface area contributed by atoms with E-state index in [-0.39, 0.29) is 0 Å². The Balaban J connectivity index is 2.06. The van der Waals surface area contributed by atoms with Gasteiger partial charge in [0.25, 0.3) is 0 Å². The Morgan fingerprint density at radius 3 is 2.63 bits per heavy atom. The van der Waals surface area contributed by atoms with Gasteiger partial charge in [0.15, 0.2) is 0 Å². The molecule has 0 saturated carbocycles. The summed E-state index contributed by atoms with van der Waals surface area (Å²) in [5.74, 6) is 1.32. The summed E-state index contributed by atoms with van der Waals surface area (Å²) in [7, 11) is 1.70. The Morgan fingerprint density at radius 1 is 1.16 bits per heavy atom. The van der Waals surface area contributed by atoms with Crippen LogP contribution >= 0.6 is 0 Å². The van der Waals surface area contributed by atoms with E-state index in [0.29, 0.717) is 12.4 Å². The number of aromatic nitrogens is 1. The molecule has 0 unspecified atom stereocenters. The maximum Gasteiger partial charge on any atom is 0.223 e. The Labute approximate surface area is 113 Å². The molecule has 100 valence electrons. The number of methoxy groups -OCH3 is 1. The van der Waals surface area contributed by atoms with Gasteiger partial charge in [-0.25, -0.2) is 4.98 Å². The maximum absolute atomic E-state index is 5.74. The number of ether oxygens (including phenoxy) is 2. The van der Waals surface area contributed by atoms with Crippen molar-refractivity contribution < 1.29 is 9.47 Å². The van der Waals surface area contributed by atoms with Crippen LogP contribution in [0, 0.1) is 0 Å².